The van der Waals surface area contributed by atoms with E-state index in [0.29, 0.717) is 5.02 Å². The fourth-order valence-corrected chi connectivity index (χ4v) is 1.42. The van der Waals surface area contributed by atoms with Crippen molar-refractivity contribution in [2.45, 2.75) is 0 Å². The third kappa shape index (κ3) is 1.10. The number of rotatable bonds is 0. The third-order valence-electron chi connectivity index (χ3n) is 1.74. The Kier molecular flexibility index (Phi) is 1.62. The number of halogens is 1. The van der Waals surface area contributed by atoms with Crippen molar-refractivity contribution in [3.05, 3.63) is 46.9 Å². The average molecular weight is 180 g/mol. The van der Waals surface area contributed by atoms with Gasteiger partial charge in [-0.05, 0) is 12.1 Å². The monoisotopic (exact) mass is 179 g/mol. The second-order valence-corrected chi connectivity index (χ2v) is 2.95. The van der Waals surface area contributed by atoms with Crippen LogP contribution in [0.2, 0.25) is 5.02 Å². The lowest BCUT2D eigenvalue weighted by Crippen LogP contribution is -2.23. The minimum atomic E-state index is 0.674. The van der Waals surface area contributed by atoms with Crippen LogP contribution in [0, 0.1) is 5.21 Å². The van der Waals surface area contributed by atoms with Crippen molar-refractivity contribution in [3.63, 3.8) is 0 Å². The zero-order valence-corrected chi connectivity index (χ0v) is 6.95. The summed E-state index contributed by atoms with van der Waals surface area (Å²) in [6.07, 6.45) is 2.94. The molecular weight excluding hydrogens is 174 g/mol. The van der Waals surface area contributed by atoms with Crippen molar-refractivity contribution < 1.29 is 4.73 Å². The smallest absolute Gasteiger partial charge is 0.188 e. The molecule has 0 aliphatic rings. The van der Waals surface area contributed by atoms with Gasteiger partial charge >= 0.3 is 0 Å². The molecule has 0 radical (unpaired) electrons. The summed E-state index contributed by atoms with van der Waals surface area (Å²) in [6.45, 7) is 0. The van der Waals surface area contributed by atoms with E-state index in [1.54, 1.807) is 12.1 Å². The van der Waals surface area contributed by atoms with Gasteiger partial charge in [-0.1, -0.05) is 17.7 Å². The van der Waals surface area contributed by atoms with Crippen LogP contribution in [0.25, 0.3) is 10.8 Å². The van der Waals surface area contributed by atoms with E-state index < -0.39 is 0 Å². The molecule has 0 fully saturated rings. The van der Waals surface area contributed by atoms with Crippen molar-refractivity contribution in [2.75, 3.05) is 0 Å². The predicted octanol–water partition coefficient (Wildman–Crippen LogP) is 2.13. The van der Waals surface area contributed by atoms with E-state index in [0.717, 1.165) is 15.5 Å². The first-order valence-electron chi connectivity index (χ1n) is 3.54. The molecule has 60 valence electrons. The fourth-order valence-electron chi connectivity index (χ4n) is 1.17. The summed E-state index contributed by atoms with van der Waals surface area (Å²) in [7, 11) is 0. The van der Waals surface area contributed by atoms with E-state index in [1.807, 2.05) is 12.1 Å². The first-order chi connectivity index (χ1) is 5.77. The number of fused-ring (bicyclic) bond motifs is 1. The zero-order valence-electron chi connectivity index (χ0n) is 6.20. The first-order valence-corrected chi connectivity index (χ1v) is 3.92. The SMILES string of the molecule is [O-][n+]1ccc2c(Cl)cccc2c1. The number of hydrogen-bond donors (Lipinski definition) is 0. The number of pyridine rings is 1. The molecule has 0 atom stereocenters. The maximum absolute atomic E-state index is 10.9. The fraction of sp³-hybridized carbons (Fsp3) is 0. The summed E-state index contributed by atoms with van der Waals surface area (Å²) in [4.78, 5) is 0. The molecule has 0 bridgehead atoms. The molecule has 0 aliphatic carbocycles. The zero-order chi connectivity index (χ0) is 8.55. The van der Waals surface area contributed by atoms with Gasteiger partial charge in [0.05, 0.1) is 0 Å². The van der Waals surface area contributed by atoms with Crippen LogP contribution in [0.3, 0.4) is 0 Å². The van der Waals surface area contributed by atoms with Crippen LogP contribution in [0.1, 0.15) is 0 Å². The Balaban J connectivity index is 2.86. The van der Waals surface area contributed by atoms with Gasteiger partial charge in [0.15, 0.2) is 12.4 Å². The second kappa shape index (κ2) is 2.64. The summed E-state index contributed by atoms with van der Waals surface area (Å²) in [5.41, 5.74) is 0. The largest absolute Gasteiger partial charge is 0.619 e. The highest BCUT2D eigenvalue weighted by Gasteiger charge is 1.99. The molecule has 1 aromatic heterocycles. The summed E-state index contributed by atoms with van der Waals surface area (Å²) in [6, 6.07) is 7.20. The highest BCUT2D eigenvalue weighted by molar-refractivity contribution is 6.35. The minimum Gasteiger partial charge on any atom is -0.619 e. The van der Waals surface area contributed by atoms with Crippen molar-refractivity contribution >= 4 is 22.4 Å². The second-order valence-electron chi connectivity index (χ2n) is 2.55. The minimum absolute atomic E-state index is 0.674. The van der Waals surface area contributed by atoms with Gasteiger partial charge in [-0.3, -0.25) is 0 Å². The van der Waals surface area contributed by atoms with Crippen LogP contribution in [0.5, 0.6) is 0 Å². The van der Waals surface area contributed by atoms with E-state index in [-0.39, 0.29) is 0 Å². The molecule has 12 heavy (non-hydrogen) atoms. The quantitative estimate of drug-likeness (QED) is 0.450. The molecule has 2 nitrogen and oxygen atoms in total. The Morgan fingerprint density at radius 1 is 1.25 bits per heavy atom. The van der Waals surface area contributed by atoms with Crippen molar-refractivity contribution in [2.24, 2.45) is 0 Å². The molecule has 0 N–H and O–H groups in total. The molecule has 1 aromatic carbocycles. The van der Waals surface area contributed by atoms with Gasteiger partial charge in [-0.25, -0.2) is 0 Å². The van der Waals surface area contributed by atoms with E-state index in [4.69, 9.17) is 11.6 Å². The summed E-state index contributed by atoms with van der Waals surface area (Å²) >= 11 is 5.90. The molecule has 0 saturated heterocycles. The topological polar surface area (TPSA) is 26.9 Å². The summed E-state index contributed by atoms with van der Waals surface area (Å²) in [5, 5.41) is 13.3. The molecule has 0 unspecified atom stereocenters. The van der Waals surface area contributed by atoms with Gasteiger partial charge in [0.1, 0.15) is 0 Å². The Morgan fingerprint density at radius 3 is 2.92 bits per heavy atom. The average Bonchev–Trinajstić information content (AvgIpc) is 2.04. The number of hydrogen-bond acceptors (Lipinski definition) is 1. The highest BCUT2D eigenvalue weighted by Crippen LogP contribution is 2.20. The van der Waals surface area contributed by atoms with Gasteiger partial charge in [0.25, 0.3) is 0 Å². The molecule has 0 amide bonds. The van der Waals surface area contributed by atoms with E-state index in [9.17, 15) is 5.21 Å². The van der Waals surface area contributed by atoms with Crippen LogP contribution in [0.15, 0.2) is 36.7 Å². The van der Waals surface area contributed by atoms with E-state index >= 15 is 0 Å². The van der Waals surface area contributed by atoms with E-state index in [2.05, 4.69) is 0 Å². The molecule has 3 heteroatoms. The molecular formula is C9H6ClNO. The normalized spacial score (nSPS) is 10.4. The molecule has 0 spiro atoms. The molecule has 0 aliphatic heterocycles. The maximum atomic E-state index is 10.9. The van der Waals surface area contributed by atoms with Gasteiger partial charge in [-0.2, -0.15) is 4.73 Å². The Hall–Kier alpha value is -1.28. The van der Waals surface area contributed by atoms with Crippen LogP contribution in [0.4, 0.5) is 0 Å². The van der Waals surface area contributed by atoms with Crippen molar-refractivity contribution in [3.8, 4) is 0 Å². The van der Waals surface area contributed by atoms with Crippen LogP contribution in [-0.2, 0) is 0 Å². The summed E-state index contributed by atoms with van der Waals surface area (Å²) < 4.78 is 0.763. The Labute approximate surface area is 74.6 Å². The van der Waals surface area contributed by atoms with Crippen LogP contribution < -0.4 is 4.73 Å². The lowest BCUT2D eigenvalue weighted by molar-refractivity contribution is -0.603. The molecule has 2 aromatic rings. The lowest BCUT2D eigenvalue weighted by atomic mass is 10.2. The van der Waals surface area contributed by atoms with Crippen LogP contribution in [-0.4, -0.2) is 0 Å². The van der Waals surface area contributed by atoms with Gasteiger partial charge < -0.3 is 5.21 Å². The van der Waals surface area contributed by atoms with Crippen molar-refractivity contribution in [1.82, 2.24) is 0 Å². The first kappa shape index (κ1) is 7.37. The van der Waals surface area contributed by atoms with Gasteiger partial charge in [0, 0.05) is 21.9 Å². The van der Waals surface area contributed by atoms with Gasteiger partial charge in [0.2, 0.25) is 0 Å². The maximum Gasteiger partial charge on any atom is 0.188 e. The molecule has 1 heterocycles. The van der Waals surface area contributed by atoms with E-state index in [1.165, 1.54) is 12.4 Å². The number of nitrogens with zero attached hydrogens (tertiary/aromatic N) is 1. The third-order valence-corrected chi connectivity index (χ3v) is 2.07. The lowest BCUT2D eigenvalue weighted by Gasteiger charge is -1.99. The molecule has 2 rings (SSSR count). The predicted molar refractivity (Wildman–Crippen MR) is 47.9 cm³/mol. The highest BCUT2D eigenvalue weighted by atomic mass is 35.5. The number of benzene rings is 1. The molecule has 0 saturated carbocycles. The Bertz CT molecular complexity index is 428. The Morgan fingerprint density at radius 2 is 2.08 bits per heavy atom. The number of aromatic nitrogens is 1. The standard InChI is InChI=1S/C9H6ClNO/c10-9-3-1-2-7-6-11(12)5-4-8(7)9/h1-6H. The van der Waals surface area contributed by atoms with Crippen molar-refractivity contribution in [1.29, 1.82) is 0 Å². The van der Waals surface area contributed by atoms with Crippen LogP contribution >= 0.6 is 11.6 Å². The summed E-state index contributed by atoms with van der Waals surface area (Å²) in [5.74, 6) is 0. The van der Waals surface area contributed by atoms with Gasteiger partial charge in [-0.15, -0.1) is 0 Å².